The molecule has 0 spiro atoms. The Balaban J connectivity index is 1.60. The van der Waals surface area contributed by atoms with Gasteiger partial charge in [0.05, 0.1) is 23.9 Å². The number of hydrogen-bond donors (Lipinski definition) is 1. The summed E-state index contributed by atoms with van der Waals surface area (Å²) in [6.45, 7) is 4.73. The summed E-state index contributed by atoms with van der Waals surface area (Å²) in [6, 6.07) is 12.5. The highest BCUT2D eigenvalue weighted by molar-refractivity contribution is 8.13. The van der Waals surface area contributed by atoms with Gasteiger partial charge in [0.15, 0.2) is 5.17 Å². The maximum absolute atomic E-state index is 13.1. The minimum absolute atomic E-state index is 0.294. The van der Waals surface area contributed by atoms with Crippen LogP contribution in [-0.4, -0.2) is 40.8 Å². The van der Waals surface area contributed by atoms with Crippen molar-refractivity contribution in [1.82, 2.24) is 4.90 Å². The molecule has 166 valence electrons. The molecule has 1 amide bonds. The first-order valence-corrected chi connectivity index (χ1v) is 11.5. The van der Waals surface area contributed by atoms with E-state index in [-0.39, 0.29) is 17.9 Å². The number of carbonyl (C=O) groups is 2. The minimum Gasteiger partial charge on any atom is -0.463 e. The lowest BCUT2D eigenvalue weighted by Gasteiger charge is -2.40. The van der Waals surface area contributed by atoms with E-state index < -0.39 is 5.82 Å². The first kappa shape index (κ1) is 22.1. The molecule has 4 rings (SSSR count). The molecule has 1 N–H and O–H groups in total. The van der Waals surface area contributed by atoms with Crippen LogP contribution in [0.4, 0.5) is 10.1 Å². The molecule has 1 saturated heterocycles. The normalized spacial score (nSPS) is 18.0. The molecule has 2 aliphatic heterocycles. The summed E-state index contributed by atoms with van der Waals surface area (Å²) in [5, 5.41) is 3.74. The van der Waals surface area contributed by atoms with Crippen molar-refractivity contribution in [2.75, 3.05) is 24.2 Å². The van der Waals surface area contributed by atoms with Crippen molar-refractivity contribution in [3.63, 3.8) is 0 Å². The molecule has 0 aliphatic carbocycles. The van der Waals surface area contributed by atoms with E-state index in [4.69, 9.17) is 4.74 Å². The van der Waals surface area contributed by atoms with E-state index in [0.717, 1.165) is 29.4 Å². The number of nitrogens with one attached hydrogen (secondary N) is 1. The van der Waals surface area contributed by atoms with E-state index in [9.17, 15) is 14.0 Å². The van der Waals surface area contributed by atoms with Gasteiger partial charge in [0.1, 0.15) is 5.82 Å². The third-order valence-corrected chi connectivity index (χ3v) is 6.42. The largest absolute Gasteiger partial charge is 0.463 e. The Morgan fingerprint density at radius 3 is 2.59 bits per heavy atom. The number of amidine groups is 1. The van der Waals surface area contributed by atoms with E-state index in [1.165, 1.54) is 24.3 Å². The molecule has 0 bridgehead atoms. The highest BCUT2D eigenvalue weighted by Crippen LogP contribution is 2.40. The van der Waals surface area contributed by atoms with Crippen LogP contribution in [0.3, 0.4) is 0 Å². The van der Waals surface area contributed by atoms with Crippen LogP contribution < -0.4 is 5.32 Å². The number of ether oxygens (including phenoxy) is 1. The van der Waals surface area contributed by atoms with Gasteiger partial charge < -0.3 is 15.0 Å². The molecule has 8 heteroatoms. The lowest BCUT2D eigenvalue weighted by Crippen LogP contribution is -2.42. The molecule has 6 nitrogen and oxygen atoms in total. The van der Waals surface area contributed by atoms with Crippen LogP contribution in [0.2, 0.25) is 0 Å². The Bertz CT molecular complexity index is 1080. The van der Waals surface area contributed by atoms with Crippen LogP contribution in [-0.2, 0) is 9.53 Å². The van der Waals surface area contributed by atoms with Crippen molar-refractivity contribution < 1.29 is 18.7 Å². The van der Waals surface area contributed by atoms with Crippen molar-refractivity contribution in [3.8, 4) is 0 Å². The number of nitrogens with zero attached hydrogens (tertiary/aromatic N) is 2. The summed E-state index contributed by atoms with van der Waals surface area (Å²) in [5.74, 6) is -0.0708. The van der Waals surface area contributed by atoms with Crippen LogP contribution in [0.25, 0.3) is 0 Å². The Morgan fingerprint density at radius 2 is 1.91 bits per heavy atom. The predicted molar refractivity (Wildman–Crippen MR) is 124 cm³/mol. The van der Waals surface area contributed by atoms with Gasteiger partial charge >= 0.3 is 5.97 Å². The summed E-state index contributed by atoms with van der Waals surface area (Å²) in [5.41, 5.74) is 3.11. The SMILES string of the molecule is CCOC(=O)C1=C(C)N=C2SCCCN2[C@@H]1c1ccc(NC(=O)c2ccc(F)cc2)cc1. The summed E-state index contributed by atoms with van der Waals surface area (Å²) in [4.78, 5) is 32.0. The number of carbonyl (C=O) groups excluding carboxylic acids is 2. The fourth-order valence-electron chi connectivity index (χ4n) is 3.84. The smallest absolute Gasteiger partial charge is 0.338 e. The van der Waals surface area contributed by atoms with Gasteiger partial charge in [-0.05, 0) is 62.2 Å². The zero-order chi connectivity index (χ0) is 22.7. The second kappa shape index (κ2) is 9.56. The zero-order valence-electron chi connectivity index (χ0n) is 17.9. The molecule has 2 aromatic rings. The number of aliphatic imine (C=N–C) groups is 1. The monoisotopic (exact) mass is 453 g/mol. The van der Waals surface area contributed by atoms with Crippen molar-refractivity contribution in [2.24, 2.45) is 4.99 Å². The topological polar surface area (TPSA) is 71.0 Å². The summed E-state index contributed by atoms with van der Waals surface area (Å²) >= 11 is 1.69. The fraction of sp³-hybridized carbons (Fsp3) is 0.292. The number of hydrogen-bond acceptors (Lipinski definition) is 6. The van der Waals surface area contributed by atoms with Gasteiger partial charge in [0.2, 0.25) is 0 Å². The van der Waals surface area contributed by atoms with Gasteiger partial charge in [-0.1, -0.05) is 23.9 Å². The Kier molecular flexibility index (Phi) is 6.60. The second-order valence-corrected chi connectivity index (χ2v) is 8.56. The van der Waals surface area contributed by atoms with Crippen molar-refractivity contribution >= 4 is 34.5 Å². The Hall–Kier alpha value is -3.13. The highest BCUT2D eigenvalue weighted by Gasteiger charge is 2.37. The predicted octanol–water partition coefficient (Wildman–Crippen LogP) is 4.76. The lowest BCUT2D eigenvalue weighted by atomic mass is 9.94. The number of fused-ring (bicyclic) bond motifs is 1. The molecule has 32 heavy (non-hydrogen) atoms. The average Bonchev–Trinajstić information content (AvgIpc) is 2.79. The van der Waals surface area contributed by atoms with Crippen LogP contribution in [0.15, 0.2) is 64.8 Å². The van der Waals surface area contributed by atoms with E-state index >= 15 is 0 Å². The van der Waals surface area contributed by atoms with E-state index in [0.29, 0.717) is 29.1 Å². The van der Waals surface area contributed by atoms with Gasteiger partial charge in [-0.2, -0.15) is 0 Å². The maximum atomic E-state index is 13.1. The number of anilines is 1. The van der Waals surface area contributed by atoms with Gasteiger partial charge in [0.25, 0.3) is 5.91 Å². The van der Waals surface area contributed by atoms with E-state index in [1.807, 2.05) is 19.1 Å². The number of amides is 1. The standard InChI is InChI=1S/C24H24FN3O3S/c1-3-31-23(30)20-15(2)26-24-28(13-4-14-32-24)21(20)16-7-11-19(12-8-16)27-22(29)17-5-9-18(25)10-6-17/h5-12,21H,3-4,13-14H2,1-2H3,(H,27,29)/t21-/m1/s1. The van der Waals surface area contributed by atoms with E-state index in [2.05, 4.69) is 15.2 Å². The van der Waals surface area contributed by atoms with Gasteiger partial charge in [0, 0.05) is 23.5 Å². The minimum atomic E-state index is -0.391. The van der Waals surface area contributed by atoms with Crippen molar-refractivity contribution in [3.05, 3.63) is 76.7 Å². The van der Waals surface area contributed by atoms with Crippen molar-refractivity contribution in [2.45, 2.75) is 26.3 Å². The summed E-state index contributed by atoms with van der Waals surface area (Å²) < 4.78 is 18.4. The molecule has 2 aromatic carbocycles. The first-order valence-electron chi connectivity index (χ1n) is 10.5. The zero-order valence-corrected chi connectivity index (χ0v) is 18.7. The van der Waals surface area contributed by atoms with Crippen LogP contribution >= 0.6 is 11.8 Å². The molecule has 1 fully saturated rings. The molecule has 0 unspecified atom stereocenters. The fourth-order valence-corrected chi connectivity index (χ4v) is 4.86. The quantitative estimate of drug-likeness (QED) is 0.661. The van der Waals surface area contributed by atoms with Gasteiger partial charge in [-0.3, -0.25) is 4.79 Å². The molecule has 2 aliphatic rings. The average molecular weight is 454 g/mol. The third kappa shape index (κ3) is 4.55. The molecule has 0 saturated carbocycles. The molecule has 2 heterocycles. The number of thioether (sulfide) groups is 1. The number of halogens is 1. The number of allylic oxidation sites excluding steroid dienone is 1. The number of esters is 1. The number of rotatable bonds is 5. The highest BCUT2D eigenvalue weighted by atomic mass is 32.2. The second-order valence-electron chi connectivity index (χ2n) is 7.49. The van der Waals surface area contributed by atoms with Crippen molar-refractivity contribution in [1.29, 1.82) is 0 Å². The van der Waals surface area contributed by atoms with E-state index in [1.54, 1.807) is 30.8 Å². The number of benzene rings is 2. The lowest BCUT2D eigenvalue weighted by molar-refractivity contribution is -0.139. The third-order valence-electron chi connectivity index (χ3n) is 5.34. The molecular formula is C24H24FN3O3S. The molecular weight excluding hydrogens is 429 g/mol. The molecule has 0 aromatic heterocycles. The Morgan fingerprint density at radius 1 is 1.19 bits per heavy atom. The van der Waals surface area contributed by atoms with Crippen LogP contribution in [0.5, 0.6) is 0 Å². The molecule has 1 atom stereocenters. The maximum Gasteiger partial charge on any atom is 0.338 e. The molecule has 0 radical (unpaired) electrons. The van der Waals surface area contributed by atoms with Crippen LogP contribution in [0.1, 0.15) is 42.2 Å². The van der Waals surface area contributed by atoms with Crippen LogP contribution in [0, 0.1) is 5.82 Å². The summed E-state index contributed by atoms with van der Waals surface area (Å²) in [6.07, 6.45) is 1.00. The van der Waals surface area contributed by atoms with Gasteiger partial charge in [-0.15, -0.1) is 0 Å². The summed E-state index contributed by atoms with van der Waals surface area (Å²) in [7, 11) is 0. The van der Waals surface area contributed by atoms with Gasteiger partial charge in [-0.25, -0.2) is 14.2 Å². The Labute approximate surface area is 190 Å². The first-order chi connectivity index (χ1) is 15.5.